The Bertz CT molecular complexity index is 299. The second kappa shape index (κ2) is 8.38. The number of aliphatic hydroxyl groups is 1. The first-order valence-corrected chi connectivity index (χ1v) is 7.27. The molecule has 0 bridgehead atoms. The maximum absolute atomic E-state index is 11.7. The van der Waals surface area contributed by atoms with Crippen LogP contribution in [0.3, 0.4) is 0 Å². The molecule has 1 rings (SSSR count). The molecule has 110 valence electrons. The van der Waals surface area contributed by atoms with Crippen LogP contribution in [0.5, 0.6) is 0 Å². The van der Waals surface area contributed by atoms with E-state index in [2.05, 4.69) is 0 Å². The number of ether oxygens (including phenoxy) is 1. The van der Waals surface area contributed by atoms with E-state index in [1.165, 1.54) is 6.42 Å². The minimum atomic E-state index is -1.69. The monoisotopic (exact) mass is 292 g/mol. The van der Waals surface area contributed by atoms with Gasteiger partial charge >= 0.3 is 11.9 Å². The van der Waals surface area contributed by atoms with Crippen molar-refractivity contribution in [2.24, 2.45) is 5.92 Å². The van der Waals surface area contributed by atoms with Crippen LogP contribution >= 0.6 is 11.6 Å². The predicted molar refractivity (Wildman–Crippen MR) is 70.1 cm³/mol. The van der Waals surface area contributed by atoms with E-state index in [0.29, 0.717) is 0 Å². The number of esters is 1. The molecule has 5 nitrogen and oxygen atoms in total. The highest BCUT2D eigenvalue weighted by Gasteiger charge is 2.33. The average molecular weight is 293 g/mol. The van der Waals surface area contributed by atoms with E-state index in [-0.39, 0.29) is 12.0 Å². The van der Waals surface area contributed by atoms with Crippen LogP contribution in [0.25, 0.3) is 0 Å². The highest BCUT2D eigenvalue weighted by molar-refractivity contribution is 6.19. The molecule has 0 radical (unpaired) electrons. The van der Waals surface area contributed by atoms with E-state index in [4.69, 9.17) is 21.4 Å². The second-order valence-electron chi connectivity index (χ2n) is 4.95. The number of hydrogen-bond acceptors (Lipinski definition) is 4. The van der Waals surface area contributed by atoms with Crippen LogP contribution in [0.15, 0.2) is 0 Å². The highest BCUT2D eigenvalue weighted by atomic mass is 35.5. The van der Waals surface area contributed by atoms with Gasteiger partial charge in [-0.1, -0.05) is 19.3 Å². The Morgan fingerprint density at radius 1 is 1.16 bits per heavy atom. The van der Waals surface area contributed by atoms with Gasteiger partial charge in [-0.2, -0.15) is 0 Å². The fourth-order valence-electron chi connectivity index (χ4n) is 2.22. The molecule has 1 aliphatic rings. The summed E-state index contributed by atoms with van der Waals surface area (Å²) in [5.41, 5.74) is 0. The summed E-state index contributed by atoms with van der Waals surface area (Å²) in [4.78, 5) is 22.5. The second-order valence-corrected chi connectivity index (χ2v) is 5.26. The summed E-state index contributed by atoms with van der Waals surface area (Å²) >= 11 is 5.44. The lowest BCUT2D eigenvalue weighted by Gasteiger charge is -2.23. The highest BCUT2D eigenvalue weighted by Crippen LogP contribution is 2.20. The Labute approximate surface area is 117 Å². The molecule has 1 fully saturated rings. The van der Waals surface area contributed by atoms with E-state index in [9.17, 15) is 14.7 Å². The van der Waals surface area contributed by atoms with Crippen LogP contribution in [-0.4, -0.2) is 40.2 Å². The number of carboxylic acids is 1. The first-order chi connectivity index (χ1) is 9.06. The third-order valence-corrected chi connectivity index (χ3v) is 3.77. The molecule has 0 heterocycles. The summed E-state index contributed by atoms with van der Waals surface area (Å²) in [6.45, 7) is 0. The van der Waals surface area contributed by atoms with Crippen LogP contribution in [-0.2, 0) is 14.3 Å². The first-order valence-electron chi connectivity index (χ1n) is 6.73. The third-order valence-electron chi connectivity index (χ3n) is 3.44. The summed E-state index contributed by atoms with van der Waals surface area (Å²) in [7, 11) is 0. The largest absolute Gasteiger partial charge is 0.481 e. The number of carbonyl (C=O) groups excluding carboxylic acids is 1. The molecule has 0 spiro atoms. The summed E-state index contributed by atoms with van der Waals surface area (Å²) < 4.78 is 5.21. The zero-order valence-corrected chi connectivity index (χ0v) is 11.6. The zero-order chi connectivity index (χ0) is 14.3. The van der Waals surface area contributed by atoms with Crippen molar-refractivity contribution in [3.8, 4) is 0 Å². The van der Waals surface area contributed by atoms with Crippen molar-refractivity contribution in [2.45, 2.75) is 57.2 Å². The van der Waals surface area contributed by atoms with Crippen LogP contribution in [0.4, 0.5) is 0 Å². The molecule has 2 N–H and O–H groups in total. The number of aliphatic carboxylic acids is 1. The Morgan fingerprint density at radius 2 is 1.68 bits per heavy atom. The lowest BCUT2D eigenvalue weighted by Crippen LogP contribution is -2.39. The van der Waals surface area contributed by atoms with Gasteiger partial charge in [0.1, 0.15) is 12.0 Å². The molecule has 6 heteroatoms. The SMILES string of the molecule is O=C(OC1CCCCCCC1)C(O)C(CCl)C(=O)O. The van der Waals surface area contributed by atoms with Gasteiger partial charge in [0.25, 0.3) is 0 Å². The minimum absolute atomic E-state index is 0.216. The normalized spacial score (nSPS) is 20.9. The summed E-state index contributed by atoms with van der Waals surface area (Å²) in [6, 6.07) is 0. The van der Waals surface area contributed by atoms with Crippen LogP contribution in [0, 0.1) is 5.92 Å². The van der Waals surface area contributed by atoms with Crippen LogP contribution in [0.1, 0.15) is 44.9 Å². The maximum atomic E-state index is 11.7. The Balaban J connectivity index is 2.49. The summed E-state index contributed by atoms with van der Waals surface area (Å²) in [6.07, 6.45) is 5.07. The minimum Gasteiger partial charge on any atom is -0.481 e. The molecule has 19 heavy (non-hydrogen) atoms. The molecular weight excluding hydrogens is 272 g/mol. The van der Waals surface area contributed by atoms with Gasteiger partial charge in [0.15, 0.2) is 6.10 Å². The number of carboxylic acid groups (broad SMARTS) is 1. The van der Waals surface area contributed by atoms with E-state index < -0.39 is 24.0 Å². The maximum Gasteiger partial charge on any atom is 0.336 e. The molecule has 0 aliphatic heterocycles. The molecule has 2 atom stereocenters. The zero-order valence-electron chi connectivity index (χ0n) is 10.9. The first kappa shape index (κ1) is 16.2. The molecule has 1 aliphatic carbocycles. The van der Waals surface area contributed by atoms with Crippen molar-refractivity contribution in [1.82, 2.24) is 0 Å². The Hall–Kier alpha value is -0.810. The van der Waals surface area contributed by atoms with Gasteiger partial charge < -0.3 is 14.9 Å². The molecule has 0 saturated heterocycles. The van der Waals surface area contributed by atoms with Gasteiger partial charge in [-0.3, -0.25) is 4.79 Å². The van der Waals surface area contributed by atoms with Gasteiger partial charge in [-0.15, -0.1) is 11.6 Å². The van der Waals surface area contributed by atoms with Crippen molar-refractivity contribution < 1.29 is 24.5 Å². The lowest BCUT2D eigenvalue weighted by atomic mass is 9.98. The van der Waals surface area contributed by atoms with Gasteiger partial charge in [0, 0.05) is 5.88 Å². The van der Waals surface area contributed by atoms with Crippen molar-refractivity contribution >= 4 is 23.5 Å². The molecule has 0 aromatic heterocycles. The predicted octanol–water partition coefficient (Wildman–Crippen LogP) is 1.94. The number of carbonyl (C=O) groups is 2. The van der Waals surface area contributed by atoms with Gasteiger partial charge in [-0.05, 0) is 25.7 Å². The summed E-state index contributed by atoms with van der Waals surface area (Å²) in [5.74, 6) is -3.81. The van der Waals surface area contributed by atoms with Crippen molar-refractivity contribution in [2.75, 3.05) is 5.88 Å². The molecule has 0 amide bonds. The van der Waals surface area contributed by atoms with Crippen molar-refractivity contribution in [3.05, 3.63) is 0 Å². The smallest absolute Gasteiger partial charge is 0.336 e. The topological polar surface area (TPSA) is 83.8 Å². The van der Waals surface area contributed by atoms with E-state index >= 15 is 0 Å². The Kier molecular flexibility index (Phi) is 7.16. The van der Waals surface area contributed by atoms with Crippen molar-refractivity contribution in [1.29, 1.82) is 0 Å². The van der Waals surface area contributed by atoms with Gasteiger partial charge in [0.05, 0.1) is 0 Å². The van der Waals surface area contributed by atoms with Gasteiger partial charge in [-0.25, -0.2) is 4.79 Å². The van der Waals surface area contributed by atoms with E-state index in [1.807, 2.05) is 0 Å². The average Bonchev–Trinajstić information content (AvgIpc) is 2.32. The molecule has 2 unspecified atom stereocenters. The molecular formula is C13H21ClO5. The van der Waals surface area contributed by atoms with Gasteiger partial charge in [0.2, 0.25) is 0 Å². The Morgan fingerprint density at radius 3 is 2.16 bits per heavy atom. The fourth-order valence-corrected chi connectivity index (χ4v) is 2.52. The number of alkyl halides is 1. The molecule has 0 aromatic carbocycles. The van der Waals surface area contributed by atoms with Crippen LogP contribution in [0.2, 0.25) is 0 Å². The van der Waals surface area contributed by atoms with Crippen LogP contribution < -0.4 is 0 Å². The van der Waals surface area contributed by atoms with E-state index in [0.717, 1.165) is 38.5 Å². The van der Waals surface area contributed by atoms with E-state index in [1.54, 1.807) is 0 Å². The third kappa shape index (κ3) is 5.37. The fraction of sp³-hybridized carbons (Fsp3) is 0.846. The van der Waals surface area contributed by atoms with Crippen molar-refractivity contribution in [3.63, 3.8) is 0 Å². The number of halogens is 1. The standard InChI is InChI=1S/C13H21ClO5/c14-8-10(12(16)17)11(15)13(18)19-9-6-4-2-1-3-5-7-9/h9-11,15H,1-8H2,(H,16,17). The summed E-state index contributed by atoms with van der Waals surface area (Å²) in [5, 5.41) is 18.5. The number of hydrogen-bond donors (Lipinski definition) is 2. The quantitative estimate of drug-likeness (QED) is 0.597. The number of aliphatic hydroxyl groups excluding tert-OH is 1. The lowest BCUT2D eigenvalue weighted by molar-refractivity contribution is -0.168. The molecule has 0 aromatic rings. The number of rotatable bonds is 5. The molecule has 1 saturated carbocycles.